The molecule has 0 heterocycles. The second-order valence-corrected chi connectivity index (χ2v) is 10.3. The summed E-state index contributed by atoms with van der Waals surface area (Å²) < 4.78 is 34.5. The summed E-state index contributed by atoms with van der Waals surface area (Å²) in [5.41, 5.74) is 0. The number of hydrogen-bond donors (Lipinski definition) is 1. The van der Waals surface area contributed by atoms with Gasteiger partial charge in [-0.05, 0) is 26.2 Å². The zero-order chi connectivity index (χ0) is 21.1. The molecule has 0 aliphatic rings. The van der Waals surface area contributed by atoms with Crippen LogP contribution < -0.4 is 29.6 Å². The smallest absolute Gasteiger partial charge is 0.748 e. The Hall–Kier alpha value is 0.870. The van der Waals surface area contributed by atoms with Crippen molar-refractivity contribution in [1.82, 2.24) is 0 Å². The van der Waals surface area contributed by atoms with Crippen molar-refractivity contribution in [3.05, 3.63) is 0 Å². The minimum Gasteiger partial charge on any atom is -0.748 e. The molecular formula is C23H47NaO4S. The van der Waals surface area contributed by atoms with Gasteiger partial charge in [0.15, 0.2) is 0 Å². The van der Waals surface area contributed by atoms with Gasteiger partial charge in [0.2, 0.25) is 0 Å². The van der Waals surface area contributed by atoms with E-state index in [0.29, 0.717) is 12.8 Å². The van der Waals surface area contributed by atoms with Crippen LogP contribution in [0.4, 0.5) is 0 Å². The van der Waals surface area contributed by atoms with E-state index in [2.05, 4.69) is 6.92 Å². The molecule has 4 nitrogen and oxygen atoms in total. The topological polar surface area (TPSA) is 77.4 Å². The van der Waals surface area contributed by atoms with Gasteiger partial charge in [-0.3, -0.25) is 0 Å². The van der Waals surface area contributed by atoms with Crippen LogP contribution in [0.3, 0.4) is 0 Å². The fourth-order valence-corrected chi connectivity index (χ4v) is 4.72. The monoisotopic (exact) mass is 442 g/mol. The Bertz CT molecular complexity index is 427. The van der Waals surface area contributed by atoms with Crippen molar-refractivity contribution in [1.29, 1.82) is 0 Å². The summed E-state index contributed by atoms with van der Waals surface area (Å²) in [5.74, 6) is 0. The molecule has 0 aliphatic carbocycles. The summed E-state index contributed by atoms with van der Waals surface area (Å²) in [5, 5.41) is 8.53. The molecule has 29 heavy (non-hydrogen) atoms. The second-order valence-electron chi connectivity index (χ2n) is 8.63. The first-order valence-corrected chi connectivity index (χ1v) is 13.5. The van der Waals surface area contributed by atoms with Crippen LogP contribution in [0.2, 0.25) is 0 Å². The van der Waals surface area contributed by atoms with Crippen LogP contribution in [0.1, 0.15) is 136 Å². The van der Waals surface area contributed by atoms with Crippen LogP contribution >= 0.6 is 0 Å². The van der Waals surface area contributed by atoms with Crippen molar-refractivity contribution in [3.8, 4) is 0 Å². The van der Waals surface area contributed by atoms with Crippen LogP contribution in [0.25, 0.3) is 0 Å². The average Bonchev–Trinajstić information content (AvgIpc) is 2.62. The number of hydrogen-bond acceptors (Lipinski definition) is 4. The van der Waals surface area contributed by atoms with E-state index in [0.717, 1.165) is 57.8 Å². The number of rotatable bonds is 21. The van der Waals surface area contributed by atoms with E-state index in [1.54, 1.807) is 6.92 Å². The summed E-state index contributed by atoms with van der Waals surface area (Å²) in [6.45, 7) is 4.04. The first-order chi connectivity index (χ1) is 13.4. The van der Waals surface area contributed by atoms with E-state index in [9.17, 15) is 18.1 Å². The SMILES string of the molecule is CCCCCCCCCCCCCC(CCCCCCCC(C)O)S(=O)(=O)[O-].[Na+]. The zero-order valence-electron chi connectivity index (χ0n) is 19.7. The largest absolute Gasteiger partial charge is 1.00 e. The molecule has 0 rings (SSSR count). The molecule has 0 amide bonds. The van der Waals surface area contributed by atoms with Crippen LogP contribution in [0, 0.1) is 0 Å². The van der Waals surface area contributed by atoms with Gasteiger partial charge < -0.3 is 9.66 Å². The van der Waals surface area contributed by atoms with Crippen LogP contribution in [0.15, 0.2) is 0 Å². The predicted octanol–water partition coefficient (Wildman–Crippen LogP) is 3.72. The molecule has 0 spiro atoms. The molecule has 0 aromatic heterocycles. The molecule has 170 valence electrons. The van der Waals surface area contributed by atoms with E-state index >= 15 is 0 Å². The van der Waals surface area contributed by atoms with E-state index in [4.69, 9.17) is 0 Å². The van der Waals surface area contributed by atoms with Gasteiger partial charge in [-0.15, -0.1) is 0 Å². The molecular weight excluding hydrogens is 395 g/mol. The third-order valence-electron chi connectivity index (χ3n) is 5.69. The standard InChI is InChI=1S/C23H48O4S.Na/c1-3-4-5-6-7-8-9-10-11-14-17-20-23(28(25,26)27)21-18-15-12-13-16-19-22(2)24;/h22-24H,3-21H2,1-2H3,(H,25,26,27);/q;+1/p-1. The third-order valence-corrected chi connectivity index (χ3v) is 6.97. The summed E-state index contributed by atoms with van der Waals surface area (Å²) in [4.78, 5) is 0. The van der Waals surface area contributed by atoms with Crippen LogP contribution in [-0.2, 0) is 10.1 Å². The van der Waals surface area contributed by atoms with Crippen LogP contribution in [0.5, 0.6) is 0 Å². The maximum Gasteiger partial charge on any atom is 1.00 e. The Balaban J connectivity index is 0. The van der Waals surface area contributed by atoms with E-state index in [1.165, 1.54) is 51.4 Å². The van der Waals surface area contributed by atoms with Gasteiger partial charge in [0, 0.05) is 5.25 Å². The molecule has 6 heteroatoms. The van der Waals surface area contributed by atoms with Gasteiger partial charge in [0.1, 0.15) is 0 Å². The van der Waals surface area contributed by atoms with Crippen LogP contribution in [-0.4, -0.2) is 29.4 Å². The first kappa shape index (κ1) is 32.1. The van der Waals surface area contributed by atoms with Gasteiger partial charge in [0.05, 0.1) is 16.2 Å². The molecule has 0 saturated heterocycles. The first-order valence-electron chi connectivity index (χ1n) is 12.0. The predicted molar refractivity (Wildman–Crippen MR) is 119 cm³/mol. The Morgan fingerprint density at radius 1 is 0.655 bits per heavy atom. The molecule has 1 N–H and O–H groups in total. The van der Waals surface area contributed by atoms with Crippen molar-refractivity contribution < 1.29 is 47.6 Å². The molecule has 0 aromatic carbocycles. The summed E-state index contributed by atoms with van der Waals surface area (Å²) >= 11 is 0. The van der Waals surface area contributed by atoms with E-state index in [-0.39, 0.29) is 35.7 Å². The van der Waals surface area contributed by atoms with Crippen molar-refractivity contribution in [3.63, 3.8) is 0 Å². The maximum atomic E-state index is 11.5. The van der Waals surface area contributed by atoms with Gasteiger partial charge in [-0.25, -0.2) is 8.42 Å². The quantitative estimate of drug-likeness (QED) is 0.167. The minimum absolute atomic E-state index is 0. The van der Waals surface area contributed by atoms with Gasteiger partial charge in [-0.2, -0.15) is 0 Å². The van der Waals surface area contributed by atoms with E-state index < -0.39 is 15.4 Å². The Morgan fingerprint density at radius 2 is 0.966 bits per heavy atom. The van der Waals surface area contributed by atoms with Crippen molar-refractivity contribution in [2.75, 3.05) is 0 Å². The molecule has 0 fully saturated rings. The maximum absolute atomic E-state index is 11.5. The number of aliphatic hydroxyl groups excluding tert-OH is 1. The van der Waals surface area contributed by atoms with Crippen molar-refractivity contribution in [2.45, 2.75) is 147 Å². The Morgan fingerprint density at radius 3 is 1.28 bits per heavy atom. The fraction of sp³-hybridized carbons (Fsp3) is 1.00. The van der Waals surface area contributed by atoms with Crippen molar-refractivity contribution in [2.24, 2.45) is 0 Å². The third kappa shape index (κ3) is 23.4. The Kier molecular flexibility index (Phi) is 24.4. The fourth-order valence-electron chi connectivity index (χ4n) is 3.81. The van der Waals surface area contributed by atoms with Gasteiger partial charge in [-0.1, -0.05) is 110 Å². The molecule has 0 saturated carbocycles. The van der Waals surface area contributed by atoms with E-state index in [1.807, 2.05) is 0 Å². The number of aliphatic hydroxyl groups is 1. The molecule has 2 atom stereocenters. The van der Waals surface area contributed by atoms with Gasteiger partial charge in [0.25, 0.3) is 0 Å². The summed E-state index contributed by atoms with van der Waals surface area (Å²) in [7, 11) is -4.17. The Labute approximate surface area is 204 Å². The summed E-state index contributed by atoms with van der Waals surface area (Å²) in [6, 6.07) is 0. The van der Waals surface area contributed by atoms with Gasteiger partial charge >= 0.3 is 29.6 Å². The zero-order valence-corrected chi connectivity index (χ0v) is 22.5. The molecule has 2 unspecified atom stereocenters. The molecule has 0 aliphatic heterocycles. The van der Waals surface area contributed by atoms with Crippen molar-refractivity contribution >= 4 is 10.1 Å². The number of unbranched alkanes of at least 4 members (excludes halogenated alkanes) is 14. The minimum atomic E-state index is -4.17. The normalized spacial score (nSPS) is 13.8. The molecule has 0 radical (unpaired) electrons. The average molecular weight is 443 g/mol. The molecule has 0 aromatic rings. The second kappa shape index (κ2) is 22.1. The summed E-state index contributed by atoms with van der Waals surface area (Å²) in [6.07, 6.45) is 20.2. The molecule has 0 bridgehead atoms.